The van der Waals surface area contributed by atoms with Gasteiger partial charge in [0.1, 0.15) is 28.7 Å². The summed E-state index contributed by atoms with van der Waals surface area (Å²) in [5.41, 5.74) is 5.80. The molecule has 1 aliphatic heterocycles. The van der Waals surface area contributed by atoms with Gasteiger partial charge in [0.05, 0.1) is 11.7 Å². The molecule has 0 amide bonds. The first kappa shape index (κ1) is 17.1. The van der Waals surface area contributed by atoms with Crippen molar-refractivity contribution in [1.29, 1.82) is 0 Å². The Labute approximate surface area is 145 Å². The molecule has 2 aliphatic rings. The van der Waals surface area contributed by atoms with Crippen LogP contribution in [0, 0.1) is 11.8 Å². The Morgan fingerprint density at radius 1 is 1.15 bits per heavy atom. The van der Waals surface area contributed by atoms with Crippen molar-refractivity contribution in [3.05, 3.63) is 47.6 Å². The highest BCUT2D eigenvalue weighted by molar-refractivity contribution is 5.75. The number of hydrogen-bond acceptors (Lipinski definition) is 3. The van der Waals surface area contributed by atoms with E-state index < -0.39 is 35.5 Å². The molecule has 2 aromatic heterocycles. The predicted octanol–water partition coefficient (Wildman–Crippen LogP) is 3.68. The molecule has 0 spiro atoms. The largest absolute Gasteiger partial charge is 0.433 e. The highest BCUT2D eigenvalue weighted by Crippen LogP contribution is 2.39. The average molecular weight is 370 g/mol. The van der Waals surface area contributed by atoms with Gasteiger partial charge < -0.3 is 10.3 Å². The maximum Gasteiger partial charge on any atom is 0.433 e. The summed E-state index contributed by atoms with van der Waals surface area (Å²) in [6, 6.07) is 0.417. The topological polar surface area (TPSA) is 56.7 Å². The summed E-state index contributed by atoms with van der Waals surface area (Å²) in [5.74, 6) is -1.41. The van der Waals surface area contributed by atoms with E-state index in [1.165, 1.54) is 0 Å². The molecule has 0 radical (unpaired) electrons. The van der Waals surface area contributed by atoms with Gasteiger partial charge in [-0.2, -0.15) is 13.2 Å². The van der Waals surface area contributed by atoms with Gasteiger partial charge in [0.15, 0.2) is 0 Å². The lowest BCUT2D eigenvalue weighted by atomic mass is 9.77. The number of fused-ring (bicyclic) bond motifs is 3. The third-order valence-electron chi connectivity index (χ3n) is 5.08. The molecule has 0 saturated heterocycles. The van der Waals surface area contributed by atoms with Gasteiger partial charge >= 0.3 is 6.18 Å². The Hall–Kier alpha value is -2.29. The zero-order chi connectivity index (χ0) is 18.6. The van der Waals surface area contributed by atoms with Crippen LogP contribution in [0.3, 0.4) is 0 Å². The van der Waals surface area contributed by atoms with E-state index in [2.05, 4.69) is 9.97 Å². The third-order valence-corrected chi connectivity index (χ3v) is 5.08. The molecule has 3 heterocycles. The van der Waals surface area contributed by atoms with Gasteiger partial charge in [-0.05, 0) is 24.1 Å². The van der Waals surface area contributed by atoms with Gasteiger partial charge in [0.25, 0.3) is 0 Å². The Morgan fingerprint density at radius 3 is 2.65 bits per heavy atom. The van der Waals surface area contributed by atoms with Crippen molar-refractivity contribution < 1.29 is 22.0 Å². The van der Waals surface area contributed by atoms with E-state index in [9.17, 15) is 22.0 Å². The van der Waals surface area contributed by atoms with E-state index in [1.54, 1.807) is 4.57 Å². The first-order chi connectivity index (χ1) is 12.2. The third kappa shape index (κ3) is 2.80. The molecule has 4 nitrogen and oxygen atoms in total. The van der Waals surface area contributed by atoms with E-state index in [0.717, 1.165) is 24.4 Å². The second-order valence-electron chi connectivity index (χ2n) is 6.70. The first-order valence-corrected chi connectivity index (χ1v) is 8.13. The number of alkyl halides is 3. The summed E-state index contributed by atoms with van der Waals surface area (Å²) in [7, 11) is 0. The zero-order valence-electron chi connectivity index (χ0n) is 13.5. The Morgan fingerprint density at radius 2 is 1.92 bits per heavy atom. The lowest BCUT2D eigenvalue weighted by Gasteiger charge is -2.35. The number of hydrogen-bond donors (Lipinski definition) is 1. The fourth-order valence-electron chi connectivity index (χ4n) is 3.77. The minimum atomic E-state index is -4.56. The summed E-state index contributed by atoms with van der Waals surface area (Å²) < 4.78 is 68.1. The van der Waals surface area contributed by atoms with Gasteiger partial charge in [-0.25, -0.2) is 18.7 Å². The SMILES string of the molecule is NC1Cn2c(nc3cnc(C(F)(F)F)cc32)C[C@@H]1C1CC(F)=CC=C1F. The molecule has 4 rings (SSSR count). The van der Waals surface area contributed by atoms with Gasteiger partial charge in [0, 0.05) is 31.3 Å². The van der Waals surface area contributed by atoms with Crippen LogP contribution in [0.15, 0.2) is 36.1 Å². The molecule has 2 unspecified atom stereocenters. The predicted molar refractivity (Wildman–Crippen MR) is 84.2 cm³/mol. The molecular weight excluding hydrogens is 355 g/mol. The van der Waals surface area contributed by atoms with Gasteiger partial charge in [-0.1, -0.05) is 0 Å². The minimum Gasteiger partial charge on any atom is -0.326 e. The van der Waals surface area contributed by atoms with E-state index in [1.807, 2.05) is 0 Å². The summed E-state index contributed by atoms with van der Waals surface area (Å²) in [5, 5.41) is 0. The van der Waals surface area contributed by atoms with Crippen LogP contribution in [-0.2, 0) is 19.1 Å². The Kier molecular flexibility index (Phi) is 3.87. The van der Waals surface area contributed by atoms with Crippen molar-refractivity contribution in [1.82, 2.24) is 14.5 Å². The highest BCUT2D eigenvalue weighted by atomic mass is 19.4. The van der Waals surface area contributed by atoms with Crippen LogP contribution in [0.2, 0.25) is 0 Å². The standard InChI is InChI=1S/C17H15F5N4/c18-8-1-2-11(19)9(3-8)10-4-16-25-13-6-24-15(17(20,21)22)5-14(13)26(16)7-12(10)23/h1-2,5-6,9-10,12H,3-4,7,23H2/t9?,10-,12?/m1/s1. The van der Waals surface area contributed by atoms with Crippen molar-refractivity contribution in [2.45, 2.75) is 31.6 Å². The number of imidazole rings is 1. The second-order valence-corrected chi connectivity index (χ2v) is 6.70. The molecular formula is C17H15F5N4. The quantitative estimate of drug-likeness (QED) is 0.780. The van der Waals surface area contributed by atoms with Crippen molar-refractivity contribution in [3.8, 4) is 0 Å². The molecule has 2 N–H and O–H groups in total. The van der Waals surface area contributed by atoms with Crippen LogP contribution in [-0.4, -0.2) is 20.6 Å². The van der Waals surface area contributed by atoms with E-state index in [-0.39, 0.29) is 25.3 Å². The van der Waals surface area contributed by atoms with Crippen molar-refractivity contribution in [3.63, 3.8) is 0 Å². The lowest BCUT2D eigenvalue weighted by Crippen LogP contribution is -2.44. The molecule has 9 heteroatoms. The summed E-state index contributed by atoms with van der Waals surface area (Å²) >= 11 is 0. The normalized spacial score (nSPS) is 26.5. The van der Waals surface area contributed by atoms with Crippen LogP contribution in [0.4, 0.5) is 22.0 Å². The van der Waals surface area contributed by atoms with Crippen molar-refractivity contribution in [2.24, 2.45) is 17.6 Å². The fraction of sp³-hybridized carbons (Fsp3) is 0.412. The summed E-state index contributed by atoms with van der Waals surface area (Å²) in [4.78, 5) is 7.74. The van der Waals surface area contributed by atoms with Crippen LogP contribution < -0.4 is 5.73 Å². The van der Waals surface area contributed by atoms with Crippen molar-refractivity contribution in [2.75, 3.05) is 0 Å². The van der Waals surface area contributed by atoms with Crippen LogP contribution >= 0.6 is 0 Å². The summed E-state index contributed by atoms with van der Waals surface area (Å²) in [6.07, 6.45) is -1.09. The molecule has 26 heavy (non-hydrogen) atoms. The Bertz CT molecular complexity index is 927. The highest BCUT2D eigenvalue weighted by Gasteiger charge is 2.38. The fourth-order valence-corrected chi connectivity index (χ4v) is 3.77. The second kappa shape index (κ2) is 5.87. The lowest BCUT2D eigenvalue weighted by molar-refractivity contribution is -0.141. The Balaban J connectivity index is 1.71. The number of rotatable bonds is 1. The summed E-state index contributed by atoms with van der Waals surface area (Å²) in [6.45, 7) is 0.187. The van der Waals surface area contributed by atoms with E-state index in [4.69, 9.17) is 5.73 Å². The molecule has 2 aromatic rings. The molecule has 1 aliphatic carbocycles. The molecule has 0 bridgehead atoms. The number of nitrogens with two attached hydrogens (primary N) is 1. The number of halogens is 5. The molecule has 0 saturated carbocycles. The van der Waals surface area contributed by atoms with Crippen LogP contribution in [0.25, 0.3) is 11.0 Å². The maximum absolute atomic E-state index is 14.2. The van der Waals surface area contributed by atoms with Crippen LogP contribution in [0.1, 0.15) is 17.9 Å². The van der Waals surface area contributed by atoms with Crippen molar-refractivity contribution >= 4 is 11.0 Å². The average Bonchev–Trinajstić information content (AvgIpc) is 2.92. The van der Waals surface area contributed by atoms with Gasteiger partial charge in [-0.3, -0.25) is 0 Å². The molecule has 138 valence electrons. The van der Waals surface area contributed by atoms with Crippen LogP contribution in [0.5, 0.6) is 0 Å². The smallest absolute Gasteiger partial charge is 0.326 e. The molecule has 0 aromatic carbocycles. The number of nitrogens with zero attached hydrogens (tertiary/aromatic N) is 3. The van der Waals surface area contributed by atoms with Gasteiger partial charge in [0.2, 0.25) is 0 Å². The number of aromatic nitrogens is 3. The maximum atomic E-state index is 14.2. The first-order valence-electron chi connectivity index (χ1n) is 8.13. The minimum absolute atomic E-state index is 0.0687. The molecule has 0 fully saturated rings. The van der Waals surface area contributed by atoms with E-state index >= 15 is 0 Å². The van der Waals surface area contributed by atoms with E-state index in [0.29, 0.717) is 16.9 Å². The molecule has 3 atom stereocenters. The number of allylic oxidation sites excluding steroid dienone is 4. The number of pyridine rings is 1. The zero-order valence-corrected chi connectivity index (χ0v) is 13.5. The van der Waals surface area contributed by atoms with Gasteiger partial charge in [-0.15, -0.1) is 0 Å². The monoisotopic (exact) mass is 370 g/mol.